The smallest absolute Gasteiger partial charge is 0.234 e. The minimum atomic E-state index is -0.0674. The van der Waals surface area contributed by atoms with E-state index in [0.717, 1.165) is 46.9 Å². The molecule has 1 heterocycles. The summed E-state index contributed by atoms with van der Waals surface area (Å²) in [4.78, 5) is 12.3. The highest BCUT2D eigenvalue weighted by atomic mass is 16.5. The number of amides is 1. The summed E-state index contributed by atoms with van der Waals surface area (Å²) < 4.78 is 5.25. The normalized spacial score (nSPS) is 13.3. The maximum Gasteiger partial charge on any atom is 0.234 e. The number of hydrogen-bond donors (Lipinski definition) is 1. The molecule has 0 radical (unpaired) electrons. The van der Waals surface area contributed by atoms with Crippen LogP contribution in [0.2, 0.25) is 0 Å². The lowest BCUT2D eigenvalue weighted by atomic mass is 10.0. The van der Waals surface area contributed by atoms with Crippen LogP contribution in [0.3, 0.4) is 0 Å². The van der Waals surface area contributed by atoms with Gasteiger partial charge in [0.05, 0.1) is 12.1 Å². The molecule has 4 heteroatoms. The Morgan fingerprint density at radius 1 is 1.14 bits per heavy atom. The molecule has 0 bridgehead atoms. The summed E-state index contributed by atoms with van der Waals surface area (Å²) in [5.41, 5.74) is 3.07. The van der Waals surface area contributed by atoms with Crippen LogP contribution >= 0.6 is 0 Å². The third-order valence-electron chi connectivity index (χ3n) is 4.19. The van der Waals surface area contributed by atoms with Gasteiger partial charge in [-0.05, 0) is 35.6 Å². The van der Waals surface area contributed by atoms with Gasteiger partial charge in [-0.15, -0.1) is 0 Å². The van der Waals surface area contributed by atoms with Gasteiger partial charge >= 0.3 is 0 Å². The second-order valence-electron chi connectivity index (χ2n) is 5.65. The molecule has 4 nitrogen and oxygen atoms in total. The van der Waals surface area contributed by atoms with Crippen molar-refractivity contribution in [2.24, 2.45) is 0 Å². The average Bonchev–Trinajstić information content (AvgIpc) is 3.13. The number of aryl methyl sites for hydroxylation is 1. The molecule has 0 aliphatic heterocycles. The highest BCUT2D eigenvalue weighted by molar-refractivity contribution is 5.95. The largest absolute Gasteiger partial charge is 0.338 e. The van der Waals surface area contributed by atoms with Crippen LogP contribution in [0.15, 0.2) is 47.0 Å². The zero-order valence-corrected chi connectivity index (χ0v) is 12.1. The number of nitrogens with one attached hydrogen (secondary N) is 1. The molecule has 110 valence electrons. The van der Waals surface area contributed by atoms with Crippen molar-refractivity contribution in [1.82, 2.24) is 5.16 Å². The average molecular weight is 292 g/mol. The van der Waals surface area contributed by atoms with E-state index in [2.05, 4.69) is 22.6 Å². The lowest BCUT2D eigenvalue weighted by Gasteiger charge is -2.06. The standard InChI is InChI=1S/C18H16N2O2/c21-17(19-18-15-9-4-10-16(15)20-22-18)11-13-7-3-6-12-5-1-2-8-14(12)13/h1-3,5-8H,4,9-11H2,(H,19,21). The van der Waals surface area contributed by atoms with Crippen LogP contribution in [0.5, 0.6) is 0 Å². The van der Waals surface area contributed by atoms with Crippen molar-refractivity contribution >= 4 is 22.6 Å². The summed E-state index contributed by atoms with van der Waals surface area (Å²) in [6.07, 6.45) is 3.29. The molecule has 22 heavy (non-hydrogen) atoms. The van der Waals surface area contributed by atoms with Crippen LogP contribution in [-0.4, -0.2) is 11.1 Å². The minimum Gasteiger partial charge on any atom is -0.338 e. The van der Waals surface area contributed by atoms with Gasteiger partial charge in [-0.1, -0.05) is 47.6 Å². The fourth-order valence-corrected chi connectivity index (χ4v) is 3.12. The van der Waals surface area contributed by atoms with Crippen molar-refractivity contribution in [1.29, 1.82) is 0 Å². The summed E-state index contributed by atoms with van der Waals surface area (Å²) in [5.74, 6) is 0.458. The molecule has 0 saturated carbocycles. The zero-order valence-electron chi connectivity index (χ0n) is 12.1. The van der Waals surface area contributed by atoms with Crippen LogP contribution in [-0.2, 0) is 24.1 Å². The van der Waals surface area contributed by atoms with Crippen molar-refractivity contribution in [3.8, 4) is 0 Å². The van der Waals surface area contributed by atoms with Crippen molar-refractivity contribution < 1.29 is 9.32 Å². The van der Waals surface area contributed by atoms with E-state index in [0.29, 0.717) is 12.3 Å². The van der Waals surface area contributed by atoms with Gasteiger partial charge in [-0.3, -0.25) is 10.1 Å². The number of hydrogen-bond acceptors (Lipinski definition) is 3. The van der Waals surface area contributed by atoms with Crippen LogP contribution < -0.4 is 5.32 Å². The number of carbonyl (C=O) groups is 1. The van der Waals surface area contributed by atoms with E-state index in [-0.39, 0.29) is 5.91 Å². The van der Waals surface area contributed by atoms with Gasteiger partial charge in [-0.2, -0.15) is 0 Å². The van der Waals surface area contributed by atoms with Gasteiger partial charge in [0.1, 0.15) is 0 Å². The highest BCUT2D eigenvalue weighted by Gasteiger charge is 2.22. The van der Waals surface area contributed by atoms with Gasteiger partial charge < -0.3 is 4.52 Å². The van der Waals surface area contributed by atoms with Crippen molar-refractivity contribution in [2.45, 2.75) is 25.7 Å². The lowest BCUT2D eigenvalue weighted by Crippen LogP contribution is -2.15. The van der Waals surface area contributed by atoms with Gasteiger partial charge in [0.2, 0.25) is 11.8 Å². The van der Waals surface area contributed by atoms with Crippen molar-refractivity contribution in [3.63, 3.8) is 0 Å². The predicted octanol–water partition coefficient (Wildman–Crippen LogP) is 3.50. The molecule has 3 aromatic rings. The molecule has 0 saturated heterocycles. The Hall–Kier alpha value is -2.62. The maximum atomic E-state index is 12.3. The van der Waals surface area contributed by atoms with Gasteiger partial charge in [0, 0.05) is 5.56 Å². The number of rotatable bonds is 3. The molecule has 1 aliphatic carbocycles. The Kier molecular flexibility index (Phi) is 3.15. The Morgan fingerprint density at radius 3 is 2.95 bits per heavy atom. The fourth-order valence-electron chi connectivity index (χ4n) is 3.12. The van der Waals surface area contributed by atoms with E-state index in [4.69, 9.17) is 4.52 Å². The number of aromatic nitrogens is 1. The Balaban J connectivity index is 1.56. The molecule has 1 N–H and O–H groups in total. The molecule has 0 unspecified atom stereocenters. The minimum absolute atomic E-state index is 0.0674. The Labute approximate surface area is 128 Å². The quantitative estimate of drug-likeness (QED) is 0.804. The molecular formula is C18H16N2O2. The summed E-state index contributed by atoms with van der Waals surface area (Å²) >= 11 is 0. The van der Waals surface area contributed by atoms with Crippen LogP contribution in [0.4, 0.5) is 5.88 Å². The summed E-state index contributed by atoms with van der Waals surface area (Å²) in [7, 11) is 0. The third-order valence-corrected chi connectivity index (χ3v) is 4.19. The molecular weight excluding hydrogens is 276 g/mol. The SMILES string of the molecule is O=C(Cc1cccc2ccccc12)Nc1onc2c1CCC2. The lowest BCUT2D eigenvalue weighted by molar-refractivity contribution is -0.115. The monoisotopic (exact) mass is 292 g/mol. The van der Waals surface area contributed by atoms with E-state index in [9.17, 15) is 4.79 Å². The molecule has 0 spiro atoms. The first-order valence-electron chi connectivity index (χ1n) is 7.55. The van der Waals surface area contributed by atoms with Crippen LogP contribution in [0, 0.1) is 0 Å². The van der Waals surface area contributed by atoms with E-state index in [1.807, 2.05) is 30.3 Å². The maximum absolute atomic E-state index is 12.3. The van der Waals surface area contributed by atoms with Crippen LogP contribution in [0.25, 0.3) is 10.8 Å². The number of carbonyl (C=O) groups excluding carboxylic acids is 1. The number of nitrogens with zero attached hydrogens (tertiary/aromatic N) is 1. The molecule has 0 atom stereocenters. The first kappa shape index (κ1) is 13.1. The van der Waals surface area contributed by atoms with Crippen LogP contribution in [0.1, 0.15) is 23.2 Å². The molecule has 4 rings (SSSR count). The number of anilines is 1. The van der Waals surface area contributed by atoms with E-state index >= 15 is 0 Å². The van der Waals surface area contributed by atoms with Gasteiger partial charge in [-0.25, -0.2) is 0 Å². The predicted molar refractivity (Wildman–Crippen MR) is 84.8 cm³/mol. The van der Waals surface area contributed by atoms with Crippen molar-refractivity contribution in [2.75, 3.05) is 5.32 Å². The molecule has 1 amide bonds. The molecule has 0 fully saturated rings. The summed E-state index contributed by atoms with van der Waals surface area (Å²) in [5, 5.41) is 9.14. The zero-order chi connectivity index (χ0) is 14.9. The van der Waals surface area contributed by atoms with Crippen molar-refractivity contribution in [3.05, 3.63) is 59.3 Å². The fraction of sp³-hybridized carbons (Fsp3) is 0.222. The second kappa shape index (κ2) is 5.30. The first-order chi connectivity index (χ1) is 10.8. The van der Waals surface area contributed by atoms with Gasteiger partial charge in [0.15, 0.2) is 0 Å². The summed E-state index contributed by atoms with van der Waals surface area (Å²) in [6.45, 7) is 0. The van der Waals surface area contributed by atoms with E-state index in [1.165, 1.54) is 0 Å². The topological polar surface area (TPSA) is 55.1 Å². The van der Waals surface area contributed by atoms with E-state index < -0.39 is 0 Å². The second-order valence-corrected chi connectivity index (χ2v) is 5.65. The molecule has 1 aromatic heterocycles. The first-order valence-corrected chi connectivity index (χ1v) is 7.55. The molecule has 2 aromatic carbocycles. The van der Waals surface area contributed by atoms with E-state index in [1.54, 1.807) is 0 Å². The Morgan fingerprint density at radius 2 is 2.00 bits per heavy atom. The number of benzene rings is 2. The third kappa shape index (κ3) is 2.26. The Bertz CT molecular complexity index is 846. The summed E-state index contributed by atoms with van der Waals surface area (Å²) in [6, 6.07) is 14.1. The number of fused-ring (bicyclic) bond motifs is 2. The van der Waals surface area contributed by atoms with Gasteiger partial charge in [0.25, 0.3) is 0 Å². The molecule has 1 aliphatic rings. The highest BCUT2D eigenvalue weighted by Crippen LogP contribution is 2.28.